The van der Waals surface area contributed by atoms with Crippen molar-refractivity contribution < 1.29 is 19.0 Å². The Morgan fingerprint density at radius 1 is 1.13 bits per heavy atom. The van der Waals surface area contributed by atoms with E-state index in [0.717, 1.165) is 0 Å². The van der Waals surface area contributed by atoms with Gasteiger partial charge in [0.15, 0.2) is 11.5 Å². The maximum Gasteiger partial charge on any atom is 0.230 e. The van der Waals surface area contributed by atoms with E-state index in [9.17, 15) is 4.79 Å². The Balaban J connectivity index is 2.15. The normalized spacial score (nSPS) is 10.0. The second-order valence-corrected chi connectivity index (χ2v) is 4.72. The SMILES string of the molecule is COc1cc(NC(=O)Cc2ccc(N)cn2)cc(OC)c1OC. The first-order chi connectivity index (χ1) is 11.1. The third-order valence-corrected chi connectivity index (χ3v) is 3.14. The number of nitrogens with two attached hydrogens (primary N) is 1. The molecular weight excluding hydrogens is 298 g/mol. The fourth-order valence-electron chi connectivity index (χ4n) is 2.06. The van der Waals surface area contributed by atoms with Gasteiger partial charge in [0, 0.05) is 23.5 Å². The van der Waals surface area contributed by atoms with Crippen LogP contribution in [0, 0.1) is 0 Å². The molecule has 1 aromatic heterocycles. The summed E-state index contributed by atoms with van der Waals surface area (Å²) < 4.78 is 15.7. The lowest BCUT2D eigenvalue weighted by molar-refractivity contribution is -0.115. The lowest BCUT2D eigenvalue weighted by Crippen LogP contribution is -2.15. The van der Waals surface area contributed by atoms with Crippen LogP contribution in [0.4, 0.5) is 11.4 Å². The summed E-state index contributed by atoms with van der Waals surface area (Å²) in [7, 11) is 4.55. The van der Waals surface area contributed by atoms with Gasteiger partial charge in [0.1, 0.15) is 0 Å². The van der Waals surface area contributed by atoms with E-state index < -0.39 is 0 Å². The van der Waals surface area contributed by atoms with Crippen LogP contribution in [0.2, 0.25) is 0 Å². The highest BCUT2D eigenvalue weighted by molar-refractivity contribution is 5.92. The minimum atomic E-state index is -0.212. The van der Waals surface area contributed by atoms with Crippen molar-refractivity contribution in [1.29, 1.82) is 0 Å². The maximum absolute atomic E-state index is 12.1. The van der Waals surface area contributed by atoms with Crippen molar-refractivity contribution in [2.75, 3.05) is 32.4 Å². The average molecular weight is 317 g/mol. The van der Waals surface area contributed by atoms with Crippen molar-refractivity contribution >= 4 is 17.3 Å². The molecule has 0 aliphatic rings. The average Bonchev–Trinajstić information content (AvgIpc) is 2.55. The number of carbonyl (C=O) groups is 1. The van der Waals surface area contributed by atoms with Crippen molar-refractivity contribution in [2.24, 2.45) is 0 Å². The van der Waals surface area contributed by atoms with Gasteiger partial charge in [0.2, 0.25) is 11.7 Å². The molecular formula is C16H19N3O4. The number of aromatic nitrogens is 1. The zero-order valence-electron chi connectivity index (χ0n) is 13.3. The zero-order valence-corrected chi connectivity index (χ0v) is 13.3. The van der Waals surface area contributed by atoms with Crippen LogP contribution in [0.1, 0.15) is 5.69 Å². The molecule has 7 heteroatoms. The molecule has 2 rings (SSSR count). The Kier molecular flexibility index (Phi) is 5.24. The molecule has 122 valence electrons. The summed E-state index contributed by atoms with van der Waals surface area (Å²) in [5, 5.41) is 2.78. The summed E-state index contributed by atoms with van der Waals surface area (Å²) in [6, 6.07) is 6.74. The van der Waals surface area contributed by atoms with Crippen molar-refractivity contribution in [3.8, 4) is 17.2 Å². The molecule has 0 atom stereocenters. The standard InChI is InChI=1S/C16H19N3O4/c1-21-13-6-12(7-14(22-2)16(13)23-3)19-15(20)8-11-5-4-10(17)9-18-11/h4-7,9H,8,17H2,1-3H3,(H,19,20). The van der Waals surface area contributed by atoms with Gasteiger partial charge in [-0.15, -0.1) is 0 Å². The molecule has 1 heterocycles. The molecule has 0 saturated heterocycles. The minimum Gasteiger partial charge on any atom is -0.493 e. The number of anilines is 2. The summed E-state index contributed by atoms with van der Waals surface area (Å²) >= 11 is 0. The molecule has 2 aromatic rings. The van der Waals surface area contributed by atoms with Crippen LogP contribution in [0.3, 0.4) is 0 Å². The van der Waals surface area contributed by atoms with Crippen LogP contribution >= 0.6 is 0 Å². The molecule has 0 radical (unpaired) electrons. The van der Waals surface area contributed by atoms with Gasteiger partial charge in [-0.3, -0.25) is 9.78 Å². The number of nitrogen functional groups attached to an aromatic ring is 1. The van der Waals surface area contributed by atoms with Crippen molar-refractivity contribution in [1.82, 2.24) is 4.98 Å². The Hall–Kier alpha value is -2.96. The van der Waals surface area contributed by atoms with E-state index in [2.05, 4.69) is 10.3 Å². The number of nitrogens with zero attached hydrogens (tertiary/aromatic N) is 1. The topological polar surface area (TPSA) is 95.7 Å². The van der Waals surface area contributed by atoms with Crippen LogP contribution in [-0.2, 0) is 11.2 Å². The first-order valence-corrected chi connectivity index (χ1v) is 6.87. The van der Waals surface area contributed by atoms with Crippen LogP contribution in [0.15, 0.2) is 30.5 Å². The maximum atomic E-state index is 12.1. The molecule has 0 aliphatic heterocycles. The van der Waals surface area contributed by atoms with Crippen LogP contribution in [-0.4, -0.2) is 32.2 Å². The number of hydrogen-bond acceptors (Lipinski definition) is 6. The van der Waals surface area contributed by atoms with Gasteiger partial charge in [-0.25, -0.2) is 0 Å². The Morgan fingerprint density at radius 2 is 1.78 bits per heavy atom. The van der Waals surface area contributed by atoms with Crippen LogP contribution in [0.5, 0.6) is 17.2 Å². The zero-order chi connectivity index (χ0) is 16.8. The second kappa shape index (κ2) is 7.35. The van der Waals surface area contributed by atoms with Crippen LogP contribution in [0.25, 0.3) is 0 Å². The Labute approximate surface area is 134 Å². The predicted molar refractivity (Wildman–Crippen MR) is 87.1 cm³/mol. The summed E-state index contributed by atoms with van der Waals surface area (Å²) in [6.45, 7) is 0. The van der Waals surface area contributed by atoms with Gasteiger partial charge in [0.25, 0.3) is 0 Å². The van der Waals surface area contributed by atoms with Gasteiger partial charge in [-0.2, -0.15) is 0 Å². The largest absolute Gasteiger partial charge is 0.493 e. The van der Waals surface area contributed by atoms with Gasteiger partial charge >= 0.3 is 0 Å². The summed E-state index contributed by atoms with van der Waals surface area (Å²) in [5.41, 5.74) is 7.29. The number of pyridine rings is 1. The van der Waals surface area contributed by atoms with E-state index in [1.807, 2.05) is 0 Å². The fraction of sp³-hybridized carbons (Fsp3) is 0.250. The third-order valence-electron chi connectivity index (χ3n) is 3.14. The van der Waals surface area contributed by atoms with Crippen LogP contribution < -0.4 is 25.3 Å². The quantitative estimate of drug-likeness (QED) is 0.844. The smallest absolute Gasteiger partial charge is 0.230 e. The van der Waals surface area contributed by atoms with Crippen molar-refractivity contribution in [3.05, 3.63) is 36.2 Å². The summed E-state index contributed by atoms with van der Waals surface area (Å²) in [6.07, 6.45) is 1.65. The number of hydrogen-bond donors (Lipinski definition) is 2. The lowest BCUT2D eigenvalue weighted by Gasteiger charge is -2.14. The van der Waals surface area contributed by atoms with E-state index in [1.165, 1.54) is 27.5 Å². The summed E-state index contributed by atoms with van der Waals surface area (Å²) in [5.74, 6) is 1.19. The minimum absolute atomic E-state index is 0.136. The number of methoxy groups -OCH3 is 3. The van der Waals surface area contributed by atoms with Gasteiger partial charge in [-0.05, 0) is 12.1 Å². The van der Waals surface area contributed by atoms with Crippen molar-refractivity contribution in [2.45, 2.75) is 6.42 Å². The van der Waals surface area contributed by atoms with E-state index in [0.29, 0.717) is 34.3 Å². The predicted octanol–water partition coefficient (Wildman–Crippen LogP) is 1.87. The highest BCUT2D eigenvalue weighted by Gasteiger charge is 2.14. The number of ether oxygens (including phenoxy) is 3. The summed E-state index contributed by atoms with van der Waals surface area (Å²) in [4.78, 5) is 16.2. The molecule has 7 nitrogen and oxygen atoms in total. The first kappa shape index (κ1) is 16.4. The number of nitrogens with one attached hydrogen (secondary N) is 1. The molecule has 0 fully saturated rings. The molecule has 0 spiro atoms. The van der Waals surface area contributed by atoms with Gasteiger partial charge < -0.3 is 25.3 Å². The van der Waals surface area contributed by atoms with E-state index in [-0.39, 0.29) is 12.3 Å². The Bertz CT molecular complexity index is 661. The Morgan fingerprint density at radius 3 is 2.26 bits per heavy atom. The van der Waals surface area contributed by atoms with E-state index in [1.54, 1.807) is 24.3 Å². The number of amides is 1. The van der Waals surface area contributed by atoms with Gasteiger partial charge in [-0.1, -0.05) is 0 Å². The lowest BCUT2D eigenvalue weighted by atomic mass is 10.2. The molecule has 0 saturated carbocycles. The fourth-order valence-corrected chi connectivity index (χ4v) is 2.06. The second-order valence-electron chi connectivity index (χ2n) is 4.72. The monoisotopic (exact) mass is 317 g/mol. The number of benzene rings is 1. The number of rotatable bonds is 6. The molecule has 1 amide bonds. The molecule has 0 bridgehead atoms. The molecule has 3 N–H and O–H groups in total. The third kappa shape index (κ3) is 4.03. The molecule has 0 unspecified atom stereocenters. The molecule has 0 aliphatic carbocycles. The number of carbonyl (C=O) groups excluding carboxylic acids is 1. The highest BCUT2D eigenvalue weighted by Crippen LogP contribution is 2.39. The van der Waals surface area contributed by atoms with E-state index in [4.69, 9.17) is 19.9 Å². The highest BCUT2D eigenvalue weighted by atomic mass is 16.5. The first-order valence-electron chi connectivity index (χ1n) is 6.87. The van der Waals surface area contributed by atoms with E-state index >= 15 is 0 Å². The van der Waals surface area contributed by atoms with Crippen molar-refractivity contribution in [3.63, 3.8) is 0 Å². The van der Waals surface area contributed by atoms with Gasteiger partial charge in [0.05, 0.1) is 39.6 Å². The molecule has 1 aromatic carbocycles. The molecule has 23 heavy (non-hydrogen) atoms.